The van der Waals surface area contributed by atoms with Gasteiger partial charge in [0, 0.05) is 11.6 Å². The topological polar surface area (TPSA) is 30.2 Å². The van der Waals surface area contributed by atoms with Crippen LogP contribution in [0, 0.1) is 5.82 Å². The van der Waals surface area contributed by atoms with Crippen LogP contribution in [0.2, 0.25) is 0 Å². The second kappa shape index (κ2) is 7.45. The molecule has 0 radical (unpaired) electrons. The third kappa shape index (κ3) is 3.63. The van der Waals surface area contributed by atoms with Gasteiger partial charge >= 0.3 is 0 Å². The van der Waals surface area contributed by atoms with Crippen molar-refractivity contribution in [3.8, 4) is 11.3 Å². The number of thiazole rings is 1. The zero-order valence-electron chi connectivity index (χ0n) is 13.9. The van der Waals surface area contributed by atoms with Crippen LogP contribution in [0.15, 0.2) is 89.5 Å². The van der Waals surface area contributed by atoms with E-state index in [9.17, 15) is 4.39 Å². The third-order valence-corrected chi connectivity index (χ3v) is 4.86. The van der Waals surface area contributed by atoms with Crippen molar-refractivity contribution < 1.29 is 4.39 Å². The lowest BCUT2D eigenvalue weighted by Crippen LogP contribution is -2.16. The molecule has 0 amide bonds. The summed E-state index contributed by atoms with van der Waals surface area (Å²) in [5.74, 6) is -0.229. The van der Waals surface area contributed by atoms with Crippen molar-refractivity contribution in [2.24, 2.45) is 4.99 Å². The molecule has 128 valence electrons. The zero-order valence-corrected chi connectivity index (χ0v) is 14.7. The Bertz CT molecular complexity index is 1050. The van der Waals surface area contributed by atoms with Crippen LogP contribution >= 0.6 is 11.3 Å². The van der Waals surface area contributed by atoms with Crippen LogP contribution in [0.1, 0.15) is 5.56 Å². The van der Waals surface area contributed by atoms with E-state index in [2.05, 4.69) is 27.1 Å². The van der Waals surface area contributed by atoms with Gasteiger partial charge < -0.3 is 4.57 Å². The van der Waals surface area contributed by atoms with E-state index in [-0.39, 0.29) is 5.82 Å². The van der Waals surface area contributed by atoms with Crippen LogP contribution in [0.25, 0.3) is 11.3 Å². The van der Waals surface area contributed by atoms with E-state index >= 15 is 0 Å². The monoisotopic (exact) mass is 361 g/mol. The molecule has 4 aromatic rings. The van der Waals surface area contributed by atoms with Gasteiger partial charge in [0.2, 0.25) is 0 Å². The van der Waals surface area contributed by atoms with E-state index in [1.165, 1.54) is 12.1 Å². The standard InChI is InChI=1S/C21H16FN3S/c22-18-10-8-16(9-11-18)14-25-20(17-5-2-1-3-6-17)15-26-21(25)24-19-7-4-12-23-13-19/h1-13,15H,14H2. The molecule has 4 rings (SSSR count). The van der Waals surface area contributed by atoms with Gasteiger partial charge in [-0.1, -0.05) is 42.5 Å². The lowest BCUT2D eigenvalue weighted by molar-refractivity contribution is 0.626. The maximum atomic E-state index is 13.2. The molecular weight excluding hydrogens is 345 g/mol. The van der Waals surface area contributed by atoms with Crippen molar-refractivity contribution in [3.63, 3.8) is 0 Å². The average molecular weight is 361 g/mol. The van der Waals surface area contributed by atoms with Crippen molar-refractivity contribution in [3.05, 3.63) is 101 Å². The minimum atomic E-state index is -0.229. The van der Waals surface area contributed by atoms with Gasteiger partial charge in [0.15, 0.2) is 4.80 Å². The van der Waals surface area contributed by atoms with Crippen molar-refractivity contribution in [2.75, 3.05) is 0 Å². The SMILES string of the molecule is Fc1ccc(Cn2c(-c3ccccc3)csc2=Nc2cccnc2)cc1. The Kier molecular flexibility index (Phi) is 4.71. The second-order valence-corrected chi connectivity index (χ2v) is 6.64. The molecule has 0 bridgehead atoms. The van der Waals surface area contributed by atoms with Gasteiger partial charge in [-0.15, -0.1) is 11.3 Å². The second-order valence-electron chi connectivity index (χ2n) is 5.81. The van der Waals surface area contributed by atoms with Gasteiger partial charge in [-0.25, -0.2) is 9.38 Å². The lowest BCUT2D eigenvalue weighted by Gasteiger charge is -2.09. The third-order valence-electron chi connectivity index (χ3n) is 3.99. The number of pyridine rings is 1. The molecule has 0 spiro atoms. The normalized spacial score (nSPS) is 11.7. The summed E-state index contributed by atoms with van der Waals surface area (Å²) in [4.78, 5) is 9.75. The first-order chi connectivity index (χ1) is 12.8. The van der Waals surface area contributed by atoms with E-state index in [4.69, 9.17) is 4.99 Å². The van der Waals surface area contributed by atoms with Gasteiger partial charge in [-0.2, -0.15) is 0 Å². The summed E-state index contributed by atoms with van der Waals surface area (Å²) in [6.07, 6.45) is 3.47. The number of benzene rings is 2. The molecule has 2 aromatic heterocycles. The van der Waals surface area contributed by atoms with Crippen LogP contribution in [0.3, 0.4) is 0 Å². The highest BCUT2D eigenvalue weighted by Crippen LogP contribution is 2.21. The largest absolute Gasteiger partial charge is 0.312 e. The Morgan fingerprint density at radius 2 is 1.77 bits per heavy atom. The Morgan fingerprint density at radius 1 is 0.962 bits per heavy atom. The molecule has 2 heterocycles. The molecule has 0 aliphatic rings. The molecule has 26 heavy (non-hydrogen) atoms. The summed E-state index contributed by atoms with van der Waals surface area (Å²) in [5.41, 5.74) is 4.04. The smallest absolute Gasteiger partial charge is 0.190 e. The summed E-state index contributed by atoms with van der Waals surface area (Å²) in [7, 11) is 0. The molecule has 0 aliphatic heterocycles. The van der Waals surface area contributed by atoms with Crippen LogP contribution < -0.4 is 4.80 Å². The number of rotatable bonds is 4. The predicted molar refractivity (Wildman–Crippen MR) is 103 cm³/mol. The minimum absolute atomic E-state index is 0.229. The molecule has 2 aromatic carbocycles. The van der Waals surface area contributed by atoms with E-state index in [1.54, 1.807) is 23.7 Å². The quantitative estimate of drug-likeness (QED) is 0.501. The summed E-state index contributed by atoms with van der Waals surface area (Å²) in [5, 5.41) is 2.11. The molecule has 0 unspecified atom stereocenters. The van der Waals surface area contributed by atoms with Crippen LogP contribution in [-0.2, 0) is 6.54 Å². The van der Waals surface area contributed by atoms with Crippen molar-refractivity contribution in [1.29, 1.82) is 0 Å². The molecule has 0 aliphatic carbocycles. The molecule has 0 fully saturated rings. The Hall–Kier alpha value is -3.05. The highest BCUT2D eigenvalue weighted by molar-refractivity contribution is 7.07. The molecule has 3 nitrogen and oxygen atoms in total. The van der Waals surface area contributed by atoms with E-state index in [1.807, 2.05) is 42.5 Å². The Balaban J connectivity index is 1.83. The Labute approximate surface area is 154 Å². The van der Waals surface area contributed by atoms with Gasteiger partial charge in [-0.05, 0) is 35.4 Å². The van der Waals surface area contributed by atoms with Crippen molar-refractivity contribution >= 4 is 17.0 Å². The molecule has 5 heteroatoms. The molecule has 0 atom stereocenters. The molecule has 0 N–H and O–H groups in total. The fourth-order valence-electron chi connectivity index (χ4n) is 2.71. The highest BCUT2D eigenvalue weighted by atomic mass is 32.1. The number of nitrogens with zero attached hydrogens (tertiary/aromatic N) is 3. The van der Waals surface area contributed by atoms with E-state index < -0.39 is 0 Å². The molecular formula is C21H16FN3S. The minimum Gasteiger partial charge on any atom is -0.312 e. The summed E-state index contributed by atoms with van der Waals surface area (Å²) < 4.78 is 15.4. The number of hydrogen-bond donors (Lipinski definition) is 0. The Morgan fingerprint density at radius 3 is 2.50 bits per heavy atom. The van der Waals surface area contributed by atoms with Crippen LogP contribution in [0.5, 0.6) is 0 Å². The van der Waals surface area contributed by atoms with Crippen LogP contribution in [0.4, 0.5) is 10.1 Å². The van der Waals surface area contributed by atoms with Crippen molar-refractivity contribution in [2.45, 2.75) is 6.54 Å². The molecule has 0 saturated heterocycles. The van der Waals surface area contributed by atoms with E-state index in [0.717, 1.165) is 27.3 Å². The fourth-order valence-corrected chi connectivity index (χ4v) is 3.64. The van der Waals surface area contributed by atoms with Crippen LogP contribution in [-0.4, -0.2) is 9.55 Å². The fraction of sp³-hybridized carbons (Fsp3) is 0.0476. The van der Waals surface area contributed by atoms with Gasteiger partial charge in [0.1, 0.15) is 5.82 Å². The average Bonchev–Trinajstić information content (AvgIpc) is 3.07. The summed E-state index contributed by atoms with van der Waals surface area (Å²) >= 11 is 1.58. The van der Waals surface area contributed by atoms with Gasteiger partial charge in [-0.3, -0.25) is 4.98 Å². The van der Waals surface area contributed by atoms with Gasteiger partial charge in [0.05, 0.1) is 24.1 Å². The van der Waals surface area contributed by atoms with Crippen molar-refractivity contribution in [1.82, 2.24) is 9.55 Å². The number of halogens is 1. The highest BCUT2D eigenvalue weighted by Gasteiger charge is 2.09. The maximum absolute atomic E-state index is 13.2. The zero-order chi connectivity index (χ0) is 17.8. The number of hydrogen-bond acceptors (Lipinski definition) is 3. The molecule has 0 saturated carbocycles. The first-order valence-electron chi connectivity index (χ1n) is 8.22. The number of aromatic nitrogens is 2. The lowest BCUT2D eigenvalue weighted by atomic mass is 10.1. The summed E-state index contributed by atoms with van der Waals surface area (Å²) in [6, 6.07) is 20.6. The van der Waals surface area contributed by atoms with Gasteiger partial charge in [0.25, 0.3) is 0 Å². The van der Waals surface area contributed by atoms with E-state index in [0.29, 0.717) is 6.54 Å². The summed E-state index contributed by atoms with van der Waals surface area (Å²) in [6.45, 7) is 0.618. The first kappa shape index (κ1) is 16.4. The predicted octanol–water partition coefficient (Wildman–Crippen LogP) is 5.03. The maximum Gasteiger partial charge on any atom is 0.190 e. The first-order valence-corrected chi connectivity index (χ1v) is 9.10.